The third kappa shape index (κ3) is 36.3. The van der Waals surface area contributed by atoms with Gasteiger partial charge in [-0.05, 0) is 71.0 Å². The molecule has 1 unspecified atom stereocenters. The Balaban J connectivity index is -0.00000521. The topological polar surface area (TPSA) is 103 Å². The van der Waals surface area contributed by atoms with Crippen molar-refractivity contribution >= 4 is 11.9 Å². The van der Waals surface area contributed by atoms with E-state index in [0.29, 0.717) is 26.0 Å². The summed E-state index contributed by atoms with van der Waals surface area (Å²) in [7, 11) is 1.25. The predicted octanol–water partition coefficient (Wildman–Crippen LogP) is 10.5. The Hall–Kier alpha value is -0.0761. The number of hydrogen-bond donors (Lipinski definition) is 0. The van der Waals surface area contributed by atoms with Crippen LogP contribution in [0.1, 0.15) is 168 Å². The van der Waals surface area contributed by atoms with Gasteiger partial charge in [-0.1, -0.05) is 104 Å². The number of nitrogens with one attached hydrogen (secondary N) is 2. The zero-order valence-electron chi connectivity index (χ0n) is 29.0. The van der Waals surface area contributed by atoms with Crippen molar-refractivity contribution < 1.29 is 51.8 Å². The van der Waals surface area contributed by atoms with Crippen LogP contribution in [-0.2, 0) is 51.8 Å². The van der Waals surface area contributed by atoms with Crippen molar-refractivity contribution in [3.63, 3.8) is 0 Å². The van der Waals surface area contributed by atoms with Crippen molar-refractivity contribution in [1.82, 2.24) is 4.90 Å². The Bertz CT molecular complexity index is 569. The number of ether oxygens (including phenoxy) is 2. The minimum atomic E-state index is -0.0357. The van der Waals surface area contributed by atoms with Gasteiger partial charge in [0.1, 0.15) is 6.10 Å². The molecule has 0 aromatic heterocycles. The molecule has 255 valence electrons. The van der Waals surface area contributed by atoms with Crippen molar-refractivity contribution in [3.8, 4) is 0 Å². The molecule has 43 heavy (non-hydrogen) atoms. The Morgan fingerprint density at radius 1 is 0.581 bits per heavy atom. The van der Waals surface area contributed by atoms with Gasteiger partial charge in [0.15, 0.2) is 0 Å². The van der Waals surface area contributed by atoms with Gasteiger partial charge in [0.25, 0.3) is 0 Å². The van der Waals surface area contributed by atoms with Crippen LogP contribution in [0.4, 0.5) is 0 Å². The monoisotopic (exact) mass is 686 g/mol. The number of nitrogens with zero attached hydrogens (tertiary/aromatic N) is 1. The molecule has 0 bridgehead atoms. The second-order valence-electron chi connectivity index (χ2n) is 11.7. The first-order valence-corrected chi connectivity index (χ1v) is 17.8. The van der Waals surface area contributed by atoms with Crippen molar-refractivity contribution in [3.05, 3.63) is 11.5 Å². The Labute approximate surface area is 293 Å². The standard InChI is InChI=1S/C34H67N2O4.CH4N.Y/c1-4-7-16-24-32(23-9-6-3)40-34(38)26-18-13-11-15-20-29-36(30-22-27-35)28-19-14-10-12-17-25-33(37)39-31-21-8-5-2;1-2;/h32,35H,4-31H2,1-3H3;2H,1H3;/q2*-1;. The molecule has 0 aliphatic carbocycles. The molecule has 0 fully saturated rings. The molecule has 1 radical (unpaired) electrons. The summed E-state index contributed by atoms with van der Waals surface area (Å²) in [5.41, 5.74) is 13.3. The molecular weight excluding hydrogens is 615 g/mol. The van der Waals surface area contributed by atoms with Gasteiger partial charge >= 0.3 is 11.9 Å². The van der Waals surface area contributed by atoms with E-state index in [9.17, 15) is 9.59 Å². The summed E-state index contributed by atoms with van der Waals surface area (Å²) in [5.74, 6) is -0.0343. The van der Waals surface area contributed by atoms with Crippen molar-refractivity contribution in [2.75, 3.05) is 39.8 Å². The van der Waals surface area contributed by atoms with Crippen LogP contribution in [0.3, 0.4) is 0 Å². The van der Waals surface area contributed by atoms with E-state index in [1.54, 1.807) is 0 Å². The molecule has 1 atom stereocenters. The van der Waals surface area contributed by atoms with Crippen molar-refractivity contribution in [1.29, 1.82) is 0 Å². The molecule has 0 saturated carbocycles. The number of esters is 2. The van der Waals surface area contributed by atoms with E-state index in [0.717, 1.165) is 103 Å². The molecular formula is C35H71N3O4Y-2. The van der Waals surface area contributed by atoms with E-state index in [1.807, 2.05) is 0 Å². The van der Waals surface area contributed by atoms with Crippen LogP contribution < -0.4 is 0 Å². The number of unbranched alkanes of at least 4 members (excludes halogenated alkanes) is 13. The molecule has 2 N–H and O–H groups in total. The van der Waals surface area contributed by atoms with Crippen LogP contribution in [0.5, 0.6) is 0 Å². The van der Waals surface area contributed by atoms with Gasteiger partial charge in [-0.25, -0.2) is 0 Å². The quantitative estimate of drug-likeness (QED) is 0.0533. The maximum absolute atomic E-state index is 12.3. The molecule has 0 spiro atoms. The Morgan fingerprint density at radius 2 is 1.05 bits per heavy atom. The van der Waals surface area contributed by atoms with Gasteiger partial charge < -0.3 is 25.8 Å². The van der Waals surface area contributed by atoms with Gasteiger partial charge in [0, 0.05) is 45.6 Å². The van der Waals surface area contributed by atoms with E-state index >= 15 is 0 Å². The SMILES string of the molecule is CCCCCOC(=O)CCCCCCCN(CCC[NH-])CCCCCCCC(=O)OC(CCCC)CCCCC.C[NH-].[Y]. The second kappa shape index (κ2) is 39.9. The first kappa shape index (κ1) is 47.3. The van der Waals surface area contributed by atoms with Gasteiger partial charge in [-0.3, -0.25) is 9.59 Å². The van der Waals surface area contributed by atoms with Gasteiger partial charge in [0.05, 0.1) is 6.61 Å². The molecule has 0 aliphatic heterocycles. The second-order valence-corrected chi connectivity index (χ2v) is 11.7. The summed E-state index contributed by atoms with van der Waals surface area (Å²) in [6.07, 6.45) is 24.6. The molecule has 0 rings (SSSR count). The molecule has 0 aliphatic rings. The molecule has 0 amide bonds. The summed E-state index contributed by atoms with van der Waals surface area (Å²) < 4.78 is 11.1. The van der Waals surface area contributed by atoms with Crippen LogP contribution in [0.2, 0.25) is 0 Å². The van der Waals surface area contributed by atoms with E-state index in [1.165, 1.54) is 58.4 Å². The first-order chi connectivity index (χ1) is 20.6. The Morgan fingerprint density at radius 3 is 1.60 bits per heavy atom. The summed E-state index contributed by atoms with van der Waals surface area (Å²) in [5, 5.41) is 0. The van der Waals surface area contributed by atoms with E-state index < -0.39 is 0 Å². The normalized spacial score (nSPS) is 11.4. The first-order valence-electron chi connectivity index (χ1n) is 17.8. The average Bonchev–Trinajstić information content (AvgIpc) is 3.00. The largest absolute Gasteiger partial charge is 0.680 e. The zero-order valence-corrected chi connectivity index (χ0v) is 31.9. The van der Waals surface area contributed by atoms with E-state index in [4.69, 9.17) is 20.9 Å². The molecule has 8 heteroatoms. The molecule has 0 saturated heterocycles. The minimum Gasteiger partial charge on any atom is -0.680 e. The van der Waals surface area contributed by atoms with Gasteiger partial charge in [-0.15, -0.1) is 6.54 Å². The van der Waals surface area contributed by atoms with Crippen LogP contribution in [0.15, 0.2) is 0 Å². The molecule has 0 aromatic rings. The van der Waals surface area contributed by atoms with Crippen molar-refractivity contribution in [2.24, 2.45) is 0 Å². The van der Waals surface area contributed by atoms with E-state index in [-0.39, 0.29) is 50.8 Å². The zero-order chi connectivity index (χ0) is 31.5. The van der Waals surface area contributed by atoms with Crippen molar-refractivity contribution in [2.45, 2.75) is 175 Å². The maximum Gasteiger partial charge on any atom is 0.306 e. The van der Waals surface area contributed by atoms with Gasteiger partial charge in [0.2, 0.25) is 0 Å². The summed E-state index contributed by atoms with van der Waals surface area (Å²) in [4.78, 5) is 26.6. The number of carbonyl (C=O) groups is 2. The van der Waals surface area contributed by atoms with Crippen LogP contribution in [0.25, 0.3) is 11.5 Å². The summed E-state index contributed by atoms with van der Waals surface area (Å²) in [6.45, 7) is 10.9. The fourth-order valence-electron chi connectivity index (χ4n) is 5.08. The Kier molecular flexibility index (Phi) is 44.0. The maximum atomic E-state index is 12.3. The van der Waals surface area contributed by atoms with Crippen LogP contribution in [-0.4, -0.2) is 62.8 Å². The number of carbonyl (C=O) groups excluding carboxylic acids is 2. The number of rotatable bonds is 31. The summed E-state index contributed by atoms with van der Waals surface area (Å²) in [6, 6.07) is 0. The third-order valence-electron chi connectivity index (χ3n) is 7.68. The third-order valence-corrected chi connectivity index (χ3v) is 7.68. The minimum absolute atomic E-state index is 0. The van der Waals surface area contributed by atoms with E-state index in [2.05, 4.69) is 25.7 Å². The fraction of sp³-hybridized carbons (Fsp3) is 0.943. The van der Waals surface area contributed by atoms with Crippen LogP contribution in [0, 0.1) is 0 Å². The molecule has 0 heterocycles. The smallest absolute Gasteiger partial charge is 0.306 e. The van der Waals surface area contributed by atoms with Gasteiger partial charge in [-0.2, -0.15) is 7.05 Å². The molecule has 7 nitrogen and oxygen atoms in total. The predicted molar refractivity (Wildman–Crippen MR) is 180 cm³/mol. The van der Waals surface area contributed by atoms with Crippen LogP contribution >= 0.6 is 0 Å². The average molecular weight is 687 g/mol. The fourth-order valence-corrected chi connectivity index (χ4v) is 5.08. The molecule has 0 aromatic carbocycles. The summed E-state index contributed by atoms with van der Waals surface area (Å²) >= 11 is 0. The number of hydrogen-bond acceptors (Lipinski definition) is 5.